The SMILES string of the molecule is C[C@@H](NC(=O)c1cccc(S(=O)(=O)N2CCCC2)c1)c1ccc(-n2cncn2)cc1. The predicted molar refractivity (Wildman–Crippen MR) is 112 cm³/mol. The number of amides is 1. The van der Waals surface area contributed by atoms with Crippen LogP contribution in [0.15, 0.2) is 66.1 Å². The summed E-state index contributed by atoms with van der Waals surface area (Å²) in [7, 11) is -3.56. The number of benzene rings is 2. The second-order valence-corrected chi connectivity index (χ2v) is 9.20. The molecule has 3 aromatic rings. The number of hydrogen-bond acceptors (Lipinski definition) is 5. The predicted octanol–water partition coefficient (Wildman–Crippen LogP) is 2.54. The van der Waals surface area contributed by atoms with Gasteiger partial charge in [0.25, 0.3) is 5.91 Å². The average Bonchev–Trinajstić information content (AvgIpc) is 3.48. The highest BCUT2D eigenvalue weighted by Crippen LogP contribution is 2.22. The quantitative estimate of drug-likeness (QED) is 0.655. The first-order valence-corrected chi connectivity index (χ1v) is 11.3. The number of sulfonamides is 1. The zero-order chi connectivity index (χ0) is 21.1. The summed E-state index contributed by atoms with van der Waals surface area (Å²) < 4.78 is 28.7. The van der Waals surface area contributed by atoms with Crippen LogP contribution in [0.3, 0.4) is 0 Å². The first-order valence-electron chi connectivity index (χ1n) is 9.81. The summed E-state index contributed by atoms with van der Waals surface area (Å²) in [6, 6.07) is 13.6. The molecule has 30 heavy (non-hydrogen) atoms. The maximum atomic E-state index is 12.8. The fraction of sp³-hybridized carbons (Fsp3) is 0.286. The van der Waals surface area contributed by atoms with Crippen LogP contribution in [0, 0.1) is 0 Å². The Bertz CT molecular complexity index is 1120. The molecule has 0 spiro atoms. The van der Waals surface area contributed by atoms with Crippen molar-refractivity contribution in [3.05, 3.63) is 72.3 Å². The van der Waals surface area contributed by atoms with E-state index in [1.165, 1.54) is 22.8 Å². The molecule has 0 aliphatic carbocycles. The van der Waals surface area contributed by atoms with Gasteiger partial charge in [-0.3, -0.25) is 4.79 Å². The Kier molecular flexibility index (Phi) is 5.65. The van der Waals surface area contributed by atoms with Gasteiger partial charge in [0, 0.05) is 18.7 Å². The zero-order valence-corrected chi connectivity index (χ0v) is 17.4. The van der Waals surface area contributed by atoms with Gasteiger partial charge >= 0.3 is 0 Å². The second kappa shape index (κ2) is 8.37. The largest absolute Gasteiger partial charge is 0.346 e. The van der Waals surface area contributed by atoms with E-state index in [9.17, 15) is 13.2 Å². The topological polar surface area (TPSA) is 97.2 Å². The van der Waals surface area contributed by atoms with Crippen LogP contribution in [-0.2, 0) is 10.0 Å². The molecule has 1 saturated heterocycles. The molecule has 1 amide bonds. The van der Waals surface area contributed by atoms with E-state index in [0.29, 0.717) is 18.7 Å². The number of hydrogen-bond donors (Lipinski definition) is 1. The Hall–Kier alpha value is -3.04. The highest BCUT2D eigenvalue weighted by Gasteiger charge is 2.27. The van der Waals surface area contributed by atoms with Gasteiger partial charge in [-0.2, -0.15) is 9.40 Å². The number of carbonyl (C=O) groups is 1. The van der Waals surface area contributed by atoms with Gasteiger partial charge in [0.1, 0.15) is 12.7 Å². The van der Waals surface area contributed by atoms with Crippen LogP contribution in [0.2, 0.25) is 0 Å². The van der Waals surface area contributed by atoms with Crippen molar-refractivity contribution in [3.8, 4) is 5.69 Å². The summed E-state index contributed by atoms with van der Waals surface area (Å²) in [5.41, 5.74) is 2.11. The summed E-state index contributed by atoms with van der Waals surface area (Å²) in [5, 5.41) is 7.02. The van der Waals surface area contributed by atoms with E-state index in [1.54, 1.807) is 23.1 Å². The van der Waals surface area contributed by atoms with E-state index in [-0.39, 0.29) is 16.8 Å². The van der Waals surface area contributed by atoms with E-state index in [4.69, 9.17) is 0 Å². The van der Waals surface area contributed by atoms with Crippen LogP contribution in [0.25, 0.3) is 5.69 Å². The van der Waals surface area contributed by atoms with Crippen molar-refractivity contribution in [2.75, 3.05) is 13.1 Å². The van der Waals surface area contributed by atoms with E-state index in [2.05, 4.69) is 15.4 Å². The van der Waals surface area contributed by atoms with Crippen molar-refractivity contribution in [2.45, 2.75) is 30.7 Å². The molecule has 1 aliphatic rings. The lowest BCUT2D eigenvalue weighted by Crippen LogP contribution is -2.29. The van der Waals surface area contributed by atoms with Gasteiger partial charge in [-0.25, -0.2) is 18.1 Å². The molecule has 1 aromatic heterocycles. The molecule has 1 aliphatic heterocycles. The molecule has 2 heterocycles. The van der Waals surface area contributed by atoms with E-state index in [1.807, 2.05) is 31.2 Å². The van der Waals surface area contributed by atoms with Gasteiger partial charge in [0.2, 0.25) is 10.0 Å². The number of nitrogens with zero attached hydrogens (tertiary/aromatic N) is 4. The minimum atomic E-state index is -3.56. The van der Waals surface area contributed by atoms with Crippen molar-refractivity contribution in [3.63, 3.8) is 0 Å². The fourth-order valence-corrected chi connectivity index (χ4v) is 5.06. The van der Waals surface area contributed by atoms with Gasteiger partial charge in [-0.15, -0.1) is 0 Å². The lowest BCUT2D eigenvalue weighted by Gasteiger charge is -2.17. The molecule has 0 radical (unpaired) electrons. The zero-order valence-electron chi connectivity index (χ0n) is 16.6. The van der Waals surface area contributed by atoms with E-state index >= 15 is 0 Å². The van der Waals surface area contributed by atoms with Crippen LogP contribution in [0.1, 0.15) is 41.7 Å². The van der Waals surface area contributed by atoms with E-state index in [0.717, 1.165) is 24.1 Å². The Balaban J connectivity index is 1.47. The van der Waals surface area contributed by atoms with Gasteiger partial charge in [-0.05, 0) is 55.7 Å². The smallest absolute Gasteiger partial charge is 0.251 e. The Morgan fingerprint density at radius 1 is 1.10 bits per heavy atom. The summed E-state index contributed by atoms with van der Waals surface area (Å²) in [6.07, 6.45) is 4.82. The van der Waals surface area contributed by atoms with Crippen molar-refractivity contribution >= 4 is 15.9 Å². The summed E-state index contributed by atoms with van der Waals surface area (Å²) in [4.78, 5) is 16.8. The highest BCUT2D eigenvalue weighted by atomic mass is 32.2. The molecule has 0 unspecified atom stereocenters. The van der Waals surface area contributed by atoms with Crippen LogP contribution in [-0.4, -0.2) is 46.5 Å². The third-order valence-corrected chi connectivity index (χ3v) is 7.12. The van der Waals surface area contributed by atoms with Crippen LogP contribution >= 0.6 is 0 Å². The van der Waals surface area contributed by atoms with Crippen molar-refractivity contribution in [1.29, 1.82) is 0 Å². The minimum Gasteiger partial charge on any atom is -0.346 e. The van der Waals surface area contributed by atoms with E-state index < -0.39 is 10.0 Å². The number of carbonyl (C=O) groups excluding carboxylic acids is 1. The Labute approximate surface area is 175 Å². The van der Waals surface area contributed by atoms with Crippen molar-refractivity contribution in [2.24, 2.45) is 0 Å². The molecule has 4 rings (SSSR count). The molecule has 0 bridgehead atoms. The molecule has 8 nitrogen and oxygen atoms in total. The molecule has 0 saturated carbocycles. The summed E-state index contributed by atoms with van der Waals surface area (Å²) >= 11 is 0. The average molecular weight is 426 g/mol. The van der Waals surface area contributed by atoms with Crippen LogP contribution in [0.5, 0.6) is 0 Å². The lowest BCUT2D eigenvalue weighted by atomic mass is 10.1. The van der Waals surface area contributed by atoms with Crippen molar-refractivity contribution in [1.82, 2.24) is 24.4 Å². The highest BCUT2D eigenvalue weighted by molar-refractivity contribution is 7.89. The fourth-order valence-electron chi connectivity index (χ4n) is 3.50. The van der Waals surface area contributed by atoms with Crippen molar-refractivity contribution < 1.29 is 13.2 Å². The van der Waals surface area contributed by atoms with Crippen LogP contribution in [0.4, 0.5) is 0 Å². The number of nitrogens with one attached hydrogen (secondary N) is 1. The van der Waals surface area contributed by atoms with Gasteiger partial charge < -0.3 is 5.32 Å². The molecule has 1 N–H and O–H groups in total. The molecular formula is C21H23N5O3S. The maximum Gasteiger partial charge on any atom is 0.251 e. The minimum absolute atomic E-state index is 0.155. The maximum absolute atomic E-state index is 12.8. The summed E-state index contributed by atoms with van der Waals surface area (Å²) in [5.74, 6) is -0.318. The van der Waals surface area contributed by atoms with Crippen LogP contribution < -0.4 is 5.32 Å². The molecule has 1 fully saturated rings. The molecule has 1 atom stereocenters. The molecule has 156 valence electrons. The first-order chi connectivity index (χ1) is 14.4. The number of rotatable bonds is 6. The second-order valence-electron chi connectivity index (χ2n) is 7.27. The first kappa shape index (κ1) is 20.2. The number of aromatic nitrogens is 3. The standard InChI is InChI=1S/C21H23N5O3S/c1-16(17-7-9-19(10-8-17)26-15-22-14-23-26)24-21(27)18-5-4-6-20(13-18)30(28,29)25-11-2-3-12-25/h4-10,13-16H,2-3,11-12H2,1H3,(H,24,27)/t16-/m1/s1. The Morgan fingerprint density at radius 3 is 2.50 bits per heavy atom. The Morgan fingerprint density at radius 2 is 1.83 bits per heavy atom. The normalized spacial score (nSPS) is 15.8. The van der Waals surface area contributed by atoms with Gasteiger partial charge in [0.15, 0.2) is 0 Å². The lowest BCUT2D eigenvalue weighted by molar-refractivity contribution is 0.0939. The molecule has 2 aromatic carbocycles. The third-order valence-electron chi connectivity index (χ3n) is 5.22. The summed E-state index contributed by atoms with van der Waals surface area (Å²) in [6.45, 7) is 2.94. The molecular weight excluding hydrogens is 402 g/mol. The third kappa shape index (κ3) is 4.12. The van der Waals surface area contributed by atoms with Gasteiger partial charge in [-0.1, -0.05) is 18.2 Å². The van der Waals surface area contributed by atoms with Gasteiger partial charge in [0.05, 0.1) is 16.6 Å². The monoisotopic (exact) mass is 425 g/mol. The molecule has 9 heteroatoms.